The Morgan fingerprint density at radius 3 is 2.42 bits per heavy atom. The number of carbonyl (C=O) groups excluding carboxylic acids is 1. The summed E-state index contributed by atoms with van der Waals surface area (Å²) < 4.78 is 1.92. The van der Waals surface area contributed by atoms with Gasteiger partial charge in [-0.05, 0) is 47.9 Å². The van der Waals surface area contributed by atoms with Crippen molar-refractivity contribution >= 4 is 40.0 Å². The first-order valence-corrected chi connectivity index (χ1v) is 8.25. The SMILES string of the molecule is CC(C)c1ccc(NC(=O)Nc2cc3cc(Cl)ccc3n2C)cc1. The van der Waals surface area contributed by atoms with E-state index in [2.05, 4.69) is 24.5 Å². The molecule has 124 valence electrons. The molecular formula is C19H20ClN3O. The monoisotopic (exact) mass is 341 g/mol. The van der Waals surface area contributed by atoms with Crippen molar-refractivity contribution in [2.45, 2.75) is 19.8 Å². The van der Waals surface area contributed by atoms with E-state index in [1.807, 2.05) is 60.1 Å². The van der Waals surface area contributed by atoms with Crippen LogP contribution in [0, 0.1) is 0 Å². The van der Waals surface area contributed by atoms with Crippen molar-refractivity contribution in [1.29, 1.82) is 0 Å². The number of nitrogens with one attached hydrogen (secondary N) is 2. The maximum Gasteiger partial charge on any atom is 0.324 e. The number of nitrogens with zero attached hydrogens (tertiary/aromatic N) is 1. The van der Waals surface area contributed by atoms with E-state index in [0.29, 0.717) is 16.8 Å². The van der Waals surface area contributed by atoms with Crippen LogP contribution in [0.2, 0.25) is 5.02 Å². The average Bonchev–Trinajstić information content (AvgIpc) is 2.83. The number of aromatic nitrogens is 1. The number of hydrogen-bond donors (Lipinski definition) is 2. The van der Waals surface area contributed by atoms with Gasteiger partial charge < -0.3 is 9.88 Å². The molecule has 4 nitrogen and oxygen atoms in total. The minimum absolute atomic E-state index is 0.274. The standard InChI is InChI=1S/C19H20ClN3O/c1-12(2)13-4-7-16(8-5-13)21-19(24)22-18-11-14-10-15(20)6-9-17(14)23(18)3/h4-12H,1-3H3,(H2,21,22,24). The van der Waals surface area contributed by atoms with Crippen LogP contribution in [0.3, 0.4) is 0 Å². The van der Waals surface area contributed by atoms with E-state index < -0.39 is 0 Å². The molecule has 1 aromatic heterocycles. The first kappa shape index (κ1) is 16.4. The lowest BCUT2D eigenvalue weighted by Crippen LogP contribution is -2.20. The Kier molecular flexibility index (Phi) is 4.49. The third-order valence-electron chi connectivity index (χ3n) is 4.08. The predicted molar refractivity (Wildman–Crippen MR) is 101 cm³/mol. The topological polar surface area (TPSA) is 46.1 Å². The fourth-order valence-corrected chi connectivity index (χ4v) is 2.85. The molecule has 0 saturated heterocycles. The number of anilines is 2. The largest absolute Gasteiger partial charge is 0.330 e. The smallest absolute Gasteiger partial charge is 0.324 e. The number of hydrogen-bond acceptors (Lipinski definition) is 1. The second-order valence-electron chi connectivity index (χ2n) is 6.15. The molecule has 5 heteroatoms. The Morgan fingerprint density at radius 1 is 1.04 bits per heavy atom. The molecule has 24 heavy (non-hydrogen) atoms. The number of benzene rings is 2. The Labute approximate surface area is 146 Å². The number of urea groups is 1. The summed E-state index contributed by atoms with van der Waals surface area (Å²) in [5.41, 5.74) is 3.02. The van der Waals surface area contributed by atoms with Gasteiger partial charge in [0.2, 0.25) is 0 Å². The number of carbonyl (C=O) groups is 1. The highest BCUT2D eigenvalue weighted by Crippen LogP contribution is 2.25. The van der Waals surface area contributed by atoms with Crippen LogP contribution in [0.4, 0.5) is 16.3 Å². The number of rotatable bonds is 3. The number of aryl methyl sites for hydroxylation is 1. The van der Waals surface area contributed by atoms with Gasteiger partial charge >= 0.3 is 6.03 Å². The zero-order valence-corrected chi connectivity index (χ0v) is 14.7. The van der Waals surface area contributed by atoms with Crippen LogP contribution in [0.5, 0.6) is 0 Å². The first-order chi connectivity index (χ1) is 11.4. The summed E-state index contributed by atoms with van der Waals surface area (Å²) in [6, 6.07) is 15.2. The lowest BCUT2D eigenvalue weighted by atomic mass is 10.0. The average molecular weight is 342 g/mol. The summed E-state index contributed by atoms with van der Waals surface area (Å²) in [7, 11) is 1.91. The second kappa shape index (κ2) is 6.57. The lowest BCUT2D eigenvalue weighted by molar-refractivity contribution is 0.262. The highest BCUT2D eigenvalue weighted by Gasteiger charge is 2.10. The molecule has 0 aliphatic carbocycles. The van der Waals surface area contributed by atoms with Gasteiger partial charge in [-0.2, -0.15) is 0 Å². The molecule has 0 fully saturated rings. The molecular weight excluding hydrogens is 322 g/mol. The van der Waals surface area contributed by atoms with Crippen molar-refractivity contribution in [2.24, 2.45) is 7.05 Å². The number of amides is 2. The van der Waals surface area contributed by atoms with E-state index >= 15 is 0 Å². The van der Waals surface area contributed by atoms with Crippen LogP contribution in [0.15, 0.2) is 48.5 Å². The van der Waals surface area contributed by atoms with E-state index in [1.54, 1.807) is 0 Å². The molecule has 0 spiro atoms. The van der Waals surface area contributed by atoms with Crippen LogP contribution in [0.25, 0.3) is 10.9 Å². The molecule has 2 N–H and O–H groups in total. The molecule has 0 atom stereocenters. The molecule has 0 radical (unpaired) electrons. The third-order valence-corrected chi connectivity index (χ3v) is 4.32. The minimum Gasteiger partial charge on any atom is -0.330 e. The summed E-state index contributed by atoms with van der Waals surface area (Å²) in [6.07, 6.45) is 0. The predicted octanol–water partition coefficient (Wildman–Crippen LogP) is 5.60. The fourth-order valence-electron chi connectivity index (χ4n) is 2.67. The minimum atomic E-state index is -0.274. The Morgan fingerprint density at radius 2 is 1.75 bits per heavy atom. The molecule has 2 aromatic carbocycles. The Hall–Kier alpha value is -2.46. The number of halogens is 1. The molecule has 1 heterocycles. The molecule has 2 amide bonds. The van der Waals surface area contributed by atoms with Crippen LogP contribution < -0.4 is 10.6 Å². The van der Waals surface area contributed by atoms with E-state index in [0.717, 1.165) is 16.6 Å². The fraction of sp³-hybridized carbons (Fsp3) is 0.211. The molecule has 3 rings (SSSR count). The summed E-state index contributed by atoms with van der Waals surface area (Å²) in [6.45, 7) is 4.28. The zero-order chi connectivity index (χ0) is 17.3. The van der Waals surface area contributed by atoms with Crippen LogP contribution in [-0.4, -0.2) is 10.6 Å². The van der Waals surface area contributed by atoms with Crippen LogP contribution in [0.1, 0.15) is 25.3 Å². The van der Waals surface area contributed by atoms with E-state index in [-0.39, 0.29) is 6.03 Å². The van der Waals surface area contributed by atoms with Gasteiger partial charge in [-0.1, -0.05) is 37.6 Å². The van der Waals surface area contributed by atoms with Gasteiger partial charge in [-0.25, -0.2) is 4.79 Å². The Balaban J connectivity index is 1.74. The molecule has 0 unspecified atom stereocenters. The molecule has 0 aliphatic rings. The van der Waals surface area contributed by atoms with E-state index in [9.17, 15) is 4.79 Å². The highest BCUT2D eigenvalue weighted by atomic mass is 35.5. The molecule has 0 saturated carbocycles. The molecule has 0 bridgehead atoms. The van der Waals surface area contributed by atoms with Gasteiger partial charge in [0, 0.05) is 28.7 Å². The van der Waals surface area contributed by atoms with Gasteiger partial charge in [-0.3, -0.25) is 5.32 Å². The molecule has 3 aromatic rings. The van der Waals surface area contributed by atoms with Gasteiger partial charge in [0.1, 0.15) is 5.82 Å². The van der Waals surface area contributed by atoms with E-state index in [4.69, 9.17) is 11.6 Å². The molecule has 0 aliphatic heterocycles. The highest BCUT2D eigenvalue weighted by molar-refractivity contribution is 6.31. The van der Waals surface area contributed by atoms with Crippen molar-refractivity contribution in [2.75, 3.05) is 10.6 Å². The summed E-state index contributed by atoms with van der Waals surface area (Å²) in [5, 5.41) is 7.39. The van der Waals surface area contributed by atoms with Crippen molar-refractivity contribution in [1.82, 2.24) is 4.57 Å². The second-order valence-corrected chi connectivity index (χ2v) is 6.58. The quantitative estimate of drug-likeness (QED) is 0.640. The third kappa shape index (κ3) is 3.39. The maximum atomic E-state index is 12.2. The first-order valence-electron chi connectivity index (χ1n) is 7.87. The van der Waals surface area contributed by atoms with Gasteiger partial charge in [-0.15, -0.1) is 0 Å². The summed E-state index contributed by atoms with van der Waals surface area (Å²) in [4.78, 5) is 12.2. The zero-order valence-electron chi connectivity index (χ0n) is 13.9. The van der Waals surface area contributed by atoms with Crippen molar-refractivity contribution in [3.05, 3.63) is 59.1 Å². The van der Waals surface area contributed by atoms with E-state index in [1.165, 1.54) is 5.56 Å². The van der Waals surface area contributed by atoms with Gasteiger partial charge in [0.15, 0.2) is 0 Å². The van der Waals surface area contributed by atoms with Gasteiger partial charge in [0.05, 0.1) is 0 Å². The van der Waals surface area contributed by atoms with Crippen molar-refractivity contribution < 1.29 is 4.79 Å². The van der Waals surface area contributed by atoms with Crippen molar-refractivity contribution in [3.8, 4) is 0 Å². The lowest BCUT2D eigenvalue weighted by Gasteiger charge is -2.10. The Bertz CT molecular complexity index is 882. The van der Waals surface area contributed by atoms with Gasteiger partial charge in [0.25, 0.3) is 0 Å². The summed E-state index contributed by atoms with van der Waals surface area (Å²) >= 11 is 6.02. The number of fused-ring (bicyclic) bond motifs is 1. The maximum absolute atomic E-state index is 12.2. The van der Waals surface area contributed by atoms with Crippen LogP contribution >= 0.6 is 11.6 Å². The normalized spacial score (nSPS) is 11.0. The van der Waals surface area contributed by atoms with Crippen LogP contribution in [-0.2, 0) is 7.05 Å². The summed E-state index contributed by atoms with van der Waals surface area (Å²) in [5.74, 6) is 1.18. The van der Waals surface area contributed by atoms with Crippen molar-refractivity contribution in [3.63, 3.8) is 0 Å².